The topological polar surface area (TPSA) is 80.5 Å². The molecule has 112 valence electrons. The largest absolute Gasteiger partial charge is 0.294 e. The number of hydrogen-bond donors (Lipinski definition) is 0. The summed E-state index contributed by atoms with van der Waals surface area (Å²) in [5.41, 5.74) is 0.0600. The highest BCUT2D eigenvalue weighted by Crippen LogP contribution is 2.35. The first kappa shape index (κ1) is 15.8. The van der Waals surface area contributed by atoms with E-state index in [-0.39, 0.29) is 22.5 Å². The smallest absolute Gasteiger partial charge is 0.269 e. The number of carbonyl (C=O) groups excluding carboxylic acids is 2. The average molecular weight is 363 g/mol. The molecule has 1 aromatic rings. The normalized spacial score (nSPS) is 15.1. The van der Waals surface area contributed by atoms with Gasteiger partial charge in [-0.3, -0.25) is 19.7 Å². The lowest BCUT2D eigenvalue weighted by Crippen LogP contribution is -2.31. The van der Waals surface area contributed by atoms with Crippen LogP contribution in [0.25, 0.3) is 0 Å². The summed E-state index contributed by atoms with van der Waals surface area (Å²) in [6.07, 6.45) is 4.47. The summed E-state index contributed by atoms with van der Waals surface area (Å²) in [5.74, 6) is -1.16. The maximum absolute atomic E-state index is 12.4. The van der Waals surface area contributed by atoms with Crippen LogP contribution in [-0.2, 0) is 9.59 Å². The molecule has 7 heteroatoms. The molecule has 0 aromatic heterocycles. The molecule has 0 saturated carbocycles. The number of halogens is 1. The molecule has 0 bridgehead atoms. The highest BCUT2D eigenvalue weighted by Gasteiger charge is 2.38. The van der Waals surface area contributed by atoms with Gasteiger partial charge in [0.1, 0.15) is 5.69 Å². The highest BCUT2D eigenvalue weighted by molar-refractivity contribution is 9.10. The highest BCUT2D eigenvalue weighted by atomic mass is 79.9. The molecule has 0 radical (unpaired) electrons. The fraction of sp³-hybridized carbons (Fsp3) is 0.0667. The zero-order valence-electron chi connectivity index (χ0n) is 11.6. The van der Waals surface area contributed by atoms with Crippen LogP contribution in [0.4, 0.5) is 11.4 Å². The molecule has 0 unspecified atom stereocenters. The van der Waals surface area contributed by atoms with E-state index in [1.807, 2.05) is 0 Å². The van der Waals surface area contributed by atoms with Gasteiger partial charge in [-0.25, -0.2) is 4.90 Å². The van der Waals surface area contributed by atoms with Gasteiger partial charge in [0, 0.05) is 21.7 Å². The first-order valence-electron chi connectivity index (χ1n) is 6.21. The first-order valence-corrected chi connectivity index (χ1v) is 7.00. The number of rotatable bonds is 4. The molecule has 1 aliphatic rings. The monoisotopic (exact) mass is 362 g/mol. The summed E-state index contributed by atoms with van der Waals surface area (Å²) in [4.78, 5) is 36.1. The molecule has 1 aromatic carbocycles. The summed E-state index contributed by atoms with van der Waals surface area (Å²) < 4.78 is 0.485. The van der Waals surface area contributed by atoms with Gasteiger partial charge >= 0.3 is 0 Å². The molecule has 0 aliphatic carbocycles. The van der Waals surface area contributed by atoms with E-state index in [0.717, 1.165) is 4.90 Å². The summed E-state index contributed by atoms with van der Waals surface area (Å²) >= 11 is 3.14. The first-order chi connectivity index (χ1) is 10.4. The second-order valence-corrected chi connectivity index (χ2v) is 5.39. The van der Waals surface area contributed by atoms with E-state index in [0.29, 0.717) is 4.47 Å². The molecular formula is C15H11BrN2O4. The summed E-state index contributed by atoms with van der Waals surface area (Å²) in [6.45, 7) is 5.01. The standard InChI is InChI=1S/C15H11BrN2O4/c1-3-4-5-11-9(2)14(19)17(15(11)20)12-7-6-10(16)8-13(12)18(21)22/h3-8H,1H2,2H3/b5-4-. The van der Waals surface area contributed by atoms with Crippen molar-refractivity contribution in [3.63, 3.8) is 0 Å². The van der Waals surface area contributed by atoms with Crippen molar-refractivity contribution in [3.05, 3.63) is 68.7 Å². The number of nitro benzene ring substituents is 1. The Morgan fingerprint density at radius 3 is 2.59 bits per heavy atom. The van der Waals surface area contributed by atoms with Crippen LogP contribution >= 0.6 is 15.9 Å². The fourth-order valence-electron chi connectivity index (χ4n) is 2.07. The molecule has 0 fully saturated rings. The number of amides is 2. The van der Waals surface area contributed by atoms with E-state index in [2.05, 4.69) is 22.5 Å². The minimum atomic E-state index is -0.631. The van der Waals surface area contributed by atoms with Gasteiger partial charge in [0.2, 0.25) is 0 Å². The molecule has 1 heterocycles. The van der Waals surface area contributed by atoms with Crippen molar-refractivity contribution < 1.29 is 14.5 Å². The summed E-state index contributed by atoms with van der Waals surface area (Å²) in [6, 6.07) is 4.16. The SMILES string of the molecule is C=C/C=C\C1=C(C)C(=O)N(c2ccc(Br)cc2[N+](=O)[O-])C1=O. The second-order valence-electron chi connectivity index (χ2n) is 4.47. The Hall–Kier alpha value is -2.54. The lowest BCUT2D eigenvalue weighted by Gasteiger charge is -2.15. The van der Waals surface area contributed by atoms with E-state index in [9.17, 15) is 19.7 Å². The van der Waals surface area contributed by atoms with Gasteiger partial charge in [-0.15, -0.1) is 0 Å². The molecule has 0 saturated heterocycles. The van der Waals surface area contributed by atoms with E-state index in [1.54, 1.807) is 0 Å². The van der Waals surface area contributed by atoms with E-state index in [1.165, 1.54) is 43.4 Å². The van der Waals surface area contributed by atoms with Gasteiger partial charge in [0.25, 0.3) is 17.5 Å². The van der Waals surface area contributed by atoms with Crippen molar-refractivity contribution in [2.75, 3.05) is 4.90 Å². The number of anilines is 1. The van der Waals surface area contributed by atoms with Gasteiger partial charge in [0.05, 0.1) is 4.92 Å². The van der Waals surface area contributed by atoms with Gasteiger partial charge in [-0.05, 0) is 25.1 Å². The van der Waals surface area contributed by atoms with Gasteiger partial charge < -0.3 is 0 Å². The molecule has 2 rings (SSSR count). The van der Waals surface area contributed by atoms with Gasteiger partial charge in [0.15, 0.2) is 0 Å². The Morgan fingerprint density at radius 2 is 2.00 bits per heavy atom. The molecule has 0 N–H and O–H groups in total. The van der Waals surface area contributed by atoms with Crippen LogP contribution < -0.4 is 4.90 Å². The number of carbonyl (C=O) groups is 2. The zero-order valence-corrected chi connectivity index (χ0v) is 13.2. The maximum Gasteiger partial charge on any atom is 0.294 e. The predicted molar refractivity (Wildman–Crippen MR) is 85.3 cm³/mol. The molecule has 0 atom stereocenters. The predicted octanol–water partition coefficient (Wildman–Crippen LogP) is 3.29. The lowest BCUT2D eigenvalue weighted by molar-refractivity contribution is -0.384. The Kier molecular flexibility index (Phi) is 4.37. The number of allylic oxidation sites excluding steroid dienone is 2. The van der Waals surface area contributed by atoms with Gasteiger partial charge in [-0.2, -0.15) is 0 Å². The third kappa shape index (κ3) is 2.62. The Balaban J connectivity index is 2.55. The Bertz CT molecular complexity index is 765. The van der Waals surface area contributed by atoms with Crippen molar-refractivity contribution in [2.24, 2.45) is 0 Å². The Morgan fingerprint density at radius 1 is 1.32 bits per heavy atom. The lowest BCUT2D eigenvalue weighted by atomic mass is 10.1. The number of benzene rings is 1. The molecule has 22 heavy (non-hydrogen) atoms. The van der Waals surface area contributed by atoms with E-state index in [4.69, 9.17) is 0 Å². The zero-order chi connectivity index (χ0) is 16.4. The van der Waals surface area contributed by atoms with Gasteiger partial charge in [-0.1, -0.05) is 34.7 Å². The number of nitro groups is 1. The maximum atomic E-state index is 12.4. The molecular weight excluding hydrogens is 352 g/mol. The van der Waals surface area contributed by atoms with Crippen LogP contribution in [0, 0.1) is 10.1 Å². The van der Waals surface area contributed by atoms with Crippen molar-refractivity contribution in [1.29, 1.82) is 0 Å². The fourth-order valence-corrected chi connectivity index (χ4v) is 2.42. The van der Waals surface area contributed by atoms with Crippen molar-refractivity contribution in [1.82, 2.24) is 0 Å². The number of nitrogens with zero attached hydrogens (tertiary/aromatic N) is 2. The van der Waals surface area contributed by atoms with Crippen LogP contribution in [0.1, 0.15) is 6.92 Å². The minimum Gasteiger partial charge on any atom is -0.269 e. The van der Waals surface area contributed by atoms with Crippen LogP contribution in [0.5, 0.6) is 0 Å². The molecule has 1 aliphatic heterocycles. The van der Waals surface area contributed by atoms with Crippen LogP contribution in [0.15, 0.2) is 58.6 Å². The van der Waals surface area contributed by atoms with E-state index < -0.39 is 16.7 Å². The second kappa shape index (κ2) is 6.07. The van der Waals surface area contributed by atoms with Crippen LogP contribution in [0.3, 0.4) is 0 Å². The van der Waals surface area contributed by atoms with Crippen LogP contribution in [-0.4, -0.2) is 16.7 Å². The third-order valence-electron chi connectivity index (χ3n) is 3.14. The van der Waals surface area contributed by atoms with Crippen molar-refractivity contribution >= 4 is 39.1 Å². The summed E-state index contributed by atoms with van der Waals surface area (Å²) in [7, 11) is 0. The molecule has 2 amide bonds. The van der Waals surface area contributed by atoms with Crippen molar-refractivity contribution in [3.8, 4) is 0 Å². The van der Waals surface area contributed by atoms with Crippen LogP contribution in [0.2, 0.25) is 0 Å². The molecule has 6 nitrogen and oxygen atoms in total. The third-order valence-corrected chi connectivity index (χ3v) is 3.63. The summed E-state index contributed by atoms with van der Waals surface area (Å²) in [5, 5.41) is 11.2. The Labute approximate surface area is 134 Å². The van der Waals surface area contributed by atoms with Crippen molar-refractivity contribution in [2.45, 2.75) is 6.92 Å². The number of hydrogen-bond acceptors (Lipinski definition) is 4. The molecule has 0 spiro atoms. The minimum absolute atomic E-state index is 0.0513. The number of imide groups is 1. The quantitative estimate of drug-likeness (QED) is 0.356. The average Bonchev–Trinajstić information content (AvgIpc) is 2.68. The van der Waals surface area contributed by atoms with E-state index >= 15 is 0 Å².